The molecule has 0 radical (unpaired) electrons. The quantitative estimate of drug-likeness (QED) is 0.0691. The van der Waals surface area contributed by atoms with Crippen molar-refractivity contribution in [1.82, 2.24) is 58.8 Å². The van der Waals surface area contributed by atoms with Gasteiger partial charge >= 0.3 is 21.2 Å². The van der Waals surface area contributed by atoms with Crippen molar-refractivity contribution in [3.8, 4) is 0 Å². The van der Waals surface area contributed by atoms with E-state index in [1.165, 1.54) is 0 Å². The normalized spacial score (nSPS) is 21.2. The Labute approximate surface area is 692 Å². The molecule has 12 rings (SSSR count). The van der Waals surface area contributed by atoms with E-state index >= 15 is 0 Å². The van der Waals surface area contributed by atoms with Crippen LogP contribution < -0.4 is 0 Å². The van der Waals surface area contributed by atoms with Crippen molar-refractivity contribution in [2.24, 2.45) is 34.0 Å². The zero-order chi connectivity index (χ0) is 80.2. The summed E-state index contributed by atoms with van der Waals surface area (Å²) in [4.78, 5) is 74.9. The molecule has 0 saturated carbocycles. The molecule has 3 aromatic carbocycles. The molecule has 3 aromatic heterocycles. The molecule has 9 heterocycles. The van der Waals surface area contributed by atoms with E-state index in [0.29, 0.717) is 86.8 Å². The number of benzene rings is 3. The van der Waals surface area contributed by atoms with Crippen LogP contribution in [0.25, 0.3) is 0 Å². The Hall–Kier alpha value is -4.91. The summed E-state index contributed by atoms with van der Waals surface area (Å²) in [5.41, 5.74) is 5.75. The zero-order valence-electron chi connectivity index (χ0n) is 67.2. The largest absolute Gasteiger partial charge is 0.437 e. The molecule has 111 heavy (non-hydrogen) atoms. The highest BCUT2D eigenvalue weighted by Gasteiger charge is 2.46. The van der Waals surface area contributed by atoms with Crippen molar-refractivity contribution in [2.75, 3.05) is 98.2 Å². The number of carbonyl (C=O) groups excluding carboxylic acids is 3. The van der Waals surface area contributed by atoms with Gasteiger partial charge in [0.05, 0.1) is 65.3 Å². The summed E-state index contributed by atoms with van der Waals surface area (Å²) in [6.45, 7) is 37.0. The van der Waals surface area contributed by atoms with Crippen LogP contribution in [0.15, 0.2) is 128 Å². The van der Waals surface area contributed by atoms with Gasteiger partial charge in [-0.05, 0) is 222 Å². The lowest BCUT2D eigenvalue weighted by Gasteiger charge is -2.49. The van der Waals surface area contributed by atoms with Crippen molar-refractivity contribution in [1.29, 1.82) is 0 Å². The van der Waals surface area contributed by atoms with Gasteiger partial charge in [0, 0.05) is 115 Å². The molecule has 3 amide bonds. The summed E-state index contributed by atoms with van der Waals surface area (Å²) in [5, 5.41) is 32.8. The minimum Gasteiger partial charge on any atom is -0.437 e. The Balaban J connectivity index is 0.000000177. The highest BCUT2D eigenvalue weighted by atomic mass is 35.5. The van der Waals surface area contributed by atoms with E-state index in [-0.39, 0.29) is 70.2 Å². The summed E-state index contributed by atoms with van der Waals surface area (Å²) < 4.78 is 0. The summed E-state index contributed by atoms with van der Waals surface area (Å²) in [5.74, 6) is 1.87. The fourth-order valence-electron chi connectivity index (χ4n) is 17.3. The predicted octanol–water partition coefficient (Wildman–Crippen LogP) is 15.7. The number of amides is 3. The number of nitrogens with zero attached hydrogens (tertiary/aromatic N) is 12. The number of piperidine rings is 3. The maximum Gasteiger partial charge on any atom is 0.376 e. The standard InChI is InChI=1S/3C28H39BCl2N4O2/c3*1-28(2,3)25-19-33(15-16-35(25)26(36)17-20-10-13-34(14-11-20)29(4)37)27(24-7-5-6-12-32-24)21-8-9-22(30)23(31)18-21/h3*5-9,12,18,20,25,27,37H,10-11,13-17,19H2,1-4H3/t3*25-,27?/m111/s1. The van der Waals surface area contributed by atoms with E-state index in [4.69, 9.17) is 84.6 Å². The van der Waals surface area contributed by atoms with Crippen molar-refractivity contribution in [3.63, 3.8) is 0 Å². The number of hydrogen-bond donors (Lipinski definition) is 3. The maximum absolute atomic E-state index is 13.6. The second-order valence-electron chi connectivity index (χ2n) is 34.8. The third kappa shape index (κ3) is 23.7. The van der Waals surface area contributed by atoms with E-state index in [1.54, 1.807) is 0 Å². The fraction of sp³-hybridized carbons (Fsp3) is 0.571. The SMILES string of the molecule is CB(O)N1CCC(CC(=O)N2CCN(C(c3ccc(Cl)c(Cl)c3)c3ccccn3)C[C@@H]2C(C)(C)C)CC1.CB(O)N1CCC(CC(=O)N2CCN(C(c3ccc(Cl)c(Cl)c3)c3ccccn3)C[C@@H]2C(C)(C)C)CC1.CB(O)N1CCC(CC(=O)N2CCN(C(c3ccc(Cl)c(Cl)c3)c3ccccn3)C[C@@H]2C(C)(C)C)CC1. The number of rotatable bonds is 18. The van der Waals surface area contributed by atoms with Crippen LogP contribution in [0.4, 0.5) is 0 Å². The molecule has 6 saturated heterocycles. The summed E-state index contributed by atoms with van der Waals surface area (Å²) in [6.07, 6.45) is 12.9. The Bertz CT molecular complexity index is 3580. The topological polar surface area (TPSA) is 180 Å². The highest BCUT2D eigenvalue weighted by molar-refractivity contribution is 6.46. The van der Waals surface area contributed by atoms with Crippen LogP contribution in [0.1, 0.15) is 172 Å². The smallest absolute Gasteiger partial charge is 0.376 e. The Morgan fingerprint density at radius 2 is 0.613 bits per heavy atom. The number of piperazine rings is 3. The van der Waals surface area contributed by atoms with Gasteiger partial charge in [0.25, 0.3) is 0 Å². The van der Waals surface area contributed by atoms with Crippen LogP contribution in [-0.4, -0.2) is 229 Å². The van der Waals surface area contributed by atoms with Crippen molar-refractivity contribution in [3.05, 3.63) is 192 Å². The van der Waals surface area contributed by atoms with Crippen molar-refractivity contribution >= 4 is 108 Å². The first-order valence-corrected chi connectivity index (χ1v) is 42.3. The first-order chi connectivity index (χ1) is 52.6. The third-order valence-corrected chi connectivity index (χ3v) is 26.1. The lowest BCUT2D eigenvalue weighted by molar-refractivity contribution is -0.142. The first-order valence-electron chi connectivity index (χ1n) is 40.1. The minimum absolute atomic E-state index is 0.0697. The van der Waals surface area contributed by atoms with Gasteiger partial charge in [-0.1, -0.05) is 168 Å². The molecule has 6 aromatic rings. The number of halogens is 6. The number of carbonyl (C=O) groups is 3. The fourth-order valence-corrected chi connectivity index (χ4v) is 18.2. The molecule has 27 heteroatoms. The average molecular weight is 1640 g/mol. The van der Waals surface area contributed by atoms with E-state index in [9.17, 15) is 29.5 Å². The molecule has 18 nitrogen and oxygen atoms in total. The van der Waals surface area contributed by atoms with Gasteiger partial charge in [-0.15, -0.1) is 0 Å². The molecular formula is C84H117B3Cl6N12O6. The molecule has 6 fully saturated rings. The monoisotopic (exact) mass is 1630 g/mol. The number of aromatic nitrogens is 3. The molecular weight excluding hydrogens is 1520 g/mol. The second-order valence-corrected chi connectivity index (χ2v) is 37.3. The third-order valence-electron chi connectivity index (χ3n) is 23.9. The van der Waals surface area contributed by atoms with Crippen LogP contribution in [0.2, 0.25) is 50.6 Å². The van der Waals surface area contributed by atoms with Crippen LogP contribution >= 0.6 is 69.6 Å². The summed E-state index contributed by atoms with van der Waals surface area (Å²) in [6, 6.07) is 35.4. The van der Waals surface area contributed by atoms with Gasteiger partial charge in [0.15, 0.2) is 0 Å². The molecule has 0 spiro atoms. The van der Waals surface area contributed by atoms with E-state index in [0.717, 1.165) is 151 Å². The van der Waals surface area contributed by atoms with Gasteiger partial charge < -0.3 is 44.2 Å². The van der Waals surface area contributed by atoms with Gasteiger partial charge in [-0.3, -0.25) is 44.0 Å². The van der Waals surface area contributed by atoms with Crippen LogP contribution in [0.5, 0.6) is 0 Å². The van der Waals surface area contributed by atoms with Crippen molar-refractivity contribution in [2.45, 2.75) is 177 Å². The van der Waals surface area contributed by atoms with Crippen LogP contribution in [0, 0.1) is 34.0 Å². The molecule has 6 aliphatic rings. The maximum atomic E-state index is 13.6. The molecule has 0 bridgehead atoms. The Kier molecular flexibility index (Phi) is 31.7. The number of pyridine rings is 3. The first kappa shape index (κ1) is 88.5. The molecule has 3 unspecified atom stereocenters. The number of hydrogen-bond acceptors (Lipinski definition) is 15. The van der Waals surface area contributed by atoms with E-state index in [1.807, 2.05) is 130 Å². The van der Waals surface area contributed by atoms with Crippen LogP contribution in [-0.2, 0) is 14.4 Å². The molecule has 3 N–H and O–H groups in total. The predicted molar refractivity (Wildman–Crippen MR) is 455 cm³/mol. The second kappa shape index (κ2) is 39.8. The highest BCUT2D eigenvalue weighted by Crippen LogP contribution is 2.42. The van der Waals surface area contributed by atoms with Gasteiger partial charge in [-0.25, -0.2) is 0 Å². The minimum atomic E-state index is -0.419. The average Bonchev–Trinajstić information content (AvgIpc) is 0.785. The summed E-state index contributed by atoms with van der Waals surface area (Å²) >= 11 is 38.0. The molecule has 0 aliphatic carbocycles. The lowest BCUT2D eigenvalue weighted by atomic mass is 9.80. The van der Waals surface area contributed by atoms with E-state index in [2.05, 4.69) is 124 Å². The van der Waals surface area contributed by atoms with Gasteiger partial charge in [0.2, 0.25) is 17.7 Å². The Morgan fingerprint density at radius 1 is 0.369 bits per heavy atom. The van der Waals surface area contributed by atoms with Gasteiger partial charge in [0.1, 0.15) is 0 Å². The van der Waals surface area contributed by atoms with Crippen LogP contribution in [0.3, 0.4) is 0 Å². The molecule has 6 atom stereocenters. The van der Waals surface area contributed by atoms with E-state index < -0.39 is 21.2 Å². The lowest BCUT2D eigenvalue weighted by Crippen LogP contribution is -2.60. The summed E-state index contributed by atoms with van der Waals surface area (Å²) in [7, 11) is -1.26. The zero-order valence-corrected chi connectivity index (χ0v) is 71.8. The molecule has 600 valence electrons. The Morgan fingerprint density at radius 3 is 0.811 bits per heavy atom. The van der Waals surface area contributed by atoms with Gasteiger partial charge in [-0.2, -0.15) is 0 Å². The molecule has 6 aliphatic heterocycles. The van der Waals surface area contributed by atoms with Crippen molar-refractivity contribution < 1.29 is 29.5 Å².